The zero-order valence-corrected chi connectivity index (χ0v) is 15.8. The summed E-state index contributed by atoms with van der Waals surface area (Å²) in [6, 6.07) is 20.1. The SMILES string of the molecule is O=C1c2ccccc2CCN1CCN1CC2CCC1CN2c1ccccc1. The molecule has 3 saturated heterocycles. The molecule has 27 heavy (non-hydrogen) atoms. The highest BCUT2D eigenvalue weighted by atomic mass is 16.2. The molecule has 4 aliphatic rings. The normalized spacial score (nSPS) is 25.0. The fourth-order valence-corrected chi connectivity index (χ4v) is 5.06. The van der Waals surface area contributed by atoms with Crippen molar-refractivity contribution < 1.29 is 4.79 Å². The second-order valence-electron chi connectivity index (χ2n) is 8.07. The molecule has 4 aliphatic heterocycles. The quantitative estimate of drug-likeness (QED) is 0.837. The van der Waals surface area contributed by atoms with Crippen LogP contribution < -0.4 is 4.90 Å². The Labute approximate surface area is 161 Å². The second-order valence-corrected chi connectivity index (χ2v) is 8.07. The van der Waals surface area contributed by atoms with Gasteiger partial charge >= 0.3 is 0 Å². The lowest BCUT2D eigenvalue weighted by Gasteiger charge is -2.53. The minimum absolute atomic E-state index is 0.213. The maximum Gasteiger partial charge on any atom is 0.254 e. The van der Waals surface area contributed by atoms with Crippen LogP contribution in [-0.4, -0.2) is 60.5 Å². The van der Waals surface area contributed by atoms with Crippen LogP contribution >= 0.6 is 0 Å². The van der Waals surface area contributed by atoms with Crippen LogP contribution in [0.5, 0.6) is 0 Å². The summed E-state index contributed by atoms with van der Waals surface area (Å²) >= 11 is 0. The van der Waals surface area contributed by atoms with Crippen LogP contribution in [0.25, 0.3) is 0 Å². The first kappa shape index (κ1) is 16.8. The number of anilines is 1. The first-order valence-corrected chi connectivity index (χ1v) is 10.2. The van der Waals surface area contributed by atoms with Gasteiger partial charge in [-0.15, -0.1) is 0 Å². The van der Waals surface area contributed by atoms with Gasteiger partial charge in [-0.25, -0.2) is 0 Å². The molecular formula is C23H27N3O. The summed E-state index contributed by atoms with van der Waals surface area (Å²) in [5.41, 5.74) is 3.46. The highest BCUT2D eigenvalue weighted by Crippen LogP contribution is 2.32. The van der Waals surface area contributed by atoms with Crippen molar-refractivity contribution >= 4 is 11.6 Å². The molecule has 0 radical (unpaired) electrons. The van der Waals surface area contributed by atoms with Gasteiger partial charge in [0, 0.05) is 56.1 Å². The molecule has 140 valence electrons. The minimum atomic E-state index is 0.213. The Morgan fingerprint density at radius 3 is 2.44 bits per heavy atom. The predicted molar refractivity (Wildman–Crippen MR) is 108 cm³/mol. The smallest absolute Gasteiger partial charge is 0.254 e. The predicted octanol–water partition coefficient (Wildman–Crippen LogP) is 3.04. The maximum absolute atomic E-state index is 12.8. The van der Waals surface area contributed by atoms with E-state index in [1.165, 1.54) is 24.1 Å². The summed E-state index contributed by atoms with van der Waals surface area (Å²) in [6.45, 7) is 4.94. The van der Waals surface area contributed by atoms with Crippen LogP contribution in [-0.2, 0) is 6.42 Å². The van der Waals surface area contributed by atoms with Crippen LogP contribution in [0.4, 0.5) is 5.69 Å². The molecule has 2 bridgehead atoms. The molecule has 4 nitrogen and oxygen atoms in total. The molecule has 0 N–H and O–H groups in total. The molecular weight excluding hydrogens is 334 g/mol. The summed E-state index contributed by atoms with van der Waals surface area (Å²) in [5.74, 6) is 0.213. The van der Waals surface area contributed by atoms with E-state index in [1.54, 1.807) is 0 Å². The molecule has 2 aromatic carbocycles. The monoisotopic (exact) mass is 361 g/mol. The molecule has 3 fully saturated rings. The van der Waals surface area contributed by atoms with Crippen molar-refractivity contribution in [1.29, 1.82) is 0 Å². The Morgan fingerprint density at radius 2 is 1.63 bits per heavy atom. The Bertz CT molecular complexity index is 821. The number of nitrogens with zero attached hydrogens (tertiary/aromatic N) is 3. The molecule has 6 rings (SSSR count). The van der Waals surface area contributed by atoms with E-state index >= 15 is 0 Å². The van der Waals surface area contributed by atoms with Gasteiger partial charge in [-0.2, -0.15) is 0 Å². The molecule has 2 atom stereocenters. The van der Waals surface area contributed by atoms with Gasteiger partial charge in [-0.1, -0.05) is 36.4 Å². The number of carbonyl (C=O) groups excluding carboxylic acids is 1. The van der Waals surface area contributed by atoms with E-state index in [9.17, 15) is 4.79 Å². The Hall–Kier alpha value is -2.33. The fraction of sp³-hybridized carbons (Fsp3) is 0.435. The van der Waals surface area contributed by atoms with Crippen molar-refractivity contribution in [1.82, 2.24) is 9.80 Å². The van der Waals surface area contributed by atoms with Crippen molar-refractivity contribution in [3.8, 4) is 0 Å². The van der Waals surface area contributed by atoms with Crippen LogP contribution in [0.1, 0.15) is 28.8 Å². The zero-order valence-electron chi connectivity index (χ0n) is 15.8. The van der Waals surface area contributed by atoms with Crippen LogP contribution in [0.2, 0.25) is 0 Å². The number of piperazine rings is 1. The maximum atomic E-state index is 12.8. The van der Waals surface area contributed by atoms with Crippen molar-refractivity contribution in [2.75, 3.05) is 37.6 Å². The van der Waals surface area contributed by atoms with Gasteiger partial charge in [0.15, 0.2) is 0 Å². The molecule has 4 heterocycles. The van der Waals surface area contributed by atoms with Gasteiger partial charge in [-0.3, -0.25) is 9.69 Å². The summed E-state index contributed by atoms with van der Waals surface area (Å²) in [4.78, 5) is 20.1. The highest BCUT2D eigenvalue weighted by molar-refractivity contribution is 5.96. The molecule has 4 heteroatoms. The molecule has 0 aromatic heterocycles. The summed E-state index contributed by atoms with van der Waals surface area (Å²) in [6.07, 6.45) is 3.55. The van der Waals surface area contributed by atoms with E-state index in [0.29, 0.717) is 12.1 Å². The summed E-state index contributed by atoms with van der Waals surface area (Å²) < 4.78 is 0. The zero-order chi connectivity index (χ0) is 18.2. The highest BCUT2D eigenvalue weighted by Gasteiger charge is 2.39. The molecule has 2 unspecified atom stereocenters. The Balaban J connectivity index is 1.22. The van der Waals surface area contributed by atoms with Crippen LogP contribution in [0, 0.1) is 0 Å². The van der Waals surface area contributed by atoms with Crippen molar-refractivity contribution in [2.45, 2.75) is 31.3 Å². The molecule has 0 saturated carbocycles. The lowest BCUT2D eigenvalue weighted by molar-refractivity contribution is 0.0615. The summed E-state index contributed by atoms with van der Waals surface area (Å²) in [7, 11) is 0. The topological polar surface area (TPSA) is 26.8 Å². The number of benzene rings is 2. The lowest BCUT2D eigenvalue weighted by atomic mass is 9.90. The van der Waals surface area contributed by atoms with Crippen LogP contribution in [0.3, 0.4) is 0 Å². The number of rotatable bonds is 4. The first-order chi connectivity index (χ1) is 13.3. The molecule has 0 aliphatic carbocycles. The van der Waals surface area contributed by atoms with Crippen molar-refractivity contribution in [2.24, 2.45) is 0 Å². The third-order valence-electron chi connectivity index (χ3n) is 6.57. The fourth-order valence-electron chi connectivity index (χ4n) is 5.06. The Kier molecular flexibility index (Phi) is 4.36. The number of carbonyl (C=O) groups is 1. The van der Waals surface area contributed by atoms with Gasteiger partial charge in [0.05, 0.1) is 0 Å². The first-order valence-electron chi connectivity index (χ1n) is 10.2. The van der Waals surface area contributed by atoms with E-state index < -0.39 is 0 Å². The van der Waals surface area contributed by atoms with E-state index in [1.807, 2.05) is 18.2 Å². The van der Waals surface area contributed by atoms with E-state index in [4.69, 9.17) is 0 Å². The Morgan fingerprint density at radius 1 is 0.852 bits per heavy atom. The number of fused-ring (bicyclic) bond motifs is 4. The molecule has 2 aromatic rings. The minimum Gasteiger partial charge on any atom is -0.366 e. The van der Waals surface area contributed by atoms with Gasteiger partial charge in [0.1, 0.15) is 0 Å². The summed E-state index contributed by atoms with van der Waals surface area (Å²) in [5, 5.41) is 0. The van der Waals surface area contributed by atoms with E-state index in [0.717, 1.165) is 44.7 Å². The number of amides is 1. The van der Waals surface area contributed by atoms with E-state index in [2.05, 4.69) is 51.1 Å². The van der Waals surface area contributed by atoms with Crippen molar-refractivity contribution in [3.05, 3.63) is 65.7 Å². The average Bonchev–Trinajstić information content (AvgIpc) is 2.74. The third-order valence-corrected chi connectivity index (χ3v) is 6.57. The number of hydrogen-bond donors (Lipinski definition) is 0. The average molecular weight is 361 g/mol. The standard InChI is InChI=1S/C23H27N3O/c27-23-22-9-5-4-6-18(22)12-13-24(23)14-15-25-16-21-11-10-20(25)17-26(21)19-7-2-1-3-8-19/h1-9,20-21H,10-17H2. The molecule has 1 amide bonds. The van der Waals surface area contributed by atoms with Gasteiger partial charge in [0.2, 0.25) is 0 Å². The lowest BCUT2D eigenvalue weighted by Crippen LogP contribution is -2.63. The molecule has 0 spiro atoms. The number of hydrogen-bond acceptors (Lipinski definition) is 3. The van der Waals surface area contributed by atoms with Crippen molar-refractivity contribution in [3.63, 3.8) is 0 Å². The largest absolute Gasteiger partial charge is 0.366 e. The van der Waals surface area contributed by atoms with E-state index in [-0.39, 0.29) is 5.91 Å². The van der Waals surface area contributed by atoms with Gasteiger partial charge < -0.3 is 9.80 Å². The van der Waals surface area contributed by atoms with Crippen LogP contribution in [0.15, 0.2) is 54.6 Å². The van der Waals surface area contributed by atoms with Gasteiger partial charge in [0.25, 0.3) is 5.91 Å². The number of para-hydroxylation sites is 1. The third kappa shape index (κ3) is 3.12. The number of piperidine rings is 2. The van der Waals surface area contributed by atoms with Gasteiger partial charge in [-0.05, 0) is 43.0 Å². The second kappa shape index (κ2) is 7.01.